The minimum Gasteiger partial charge on any atom is -0.379 e. The van der Waals surface area contributed by atoms with Crippen LogP contribution in [0.1, 0.15) is 18.1 Å². The van der Waals surface area contributed by atoms with Crippen molar-refractivity contribution in [2.75, 3.05) is 72.2 Å². The molecule has 0 bridgehead atoms. The molecule has 1 aromatic rings. The normalized spacial score (nSPS) is 18.9. The van der Waals surface area contributed by atoms with E-state index < -0.39 is 0 Å². The Morgan fingerprint density at radius 3 is 2.21 bits per heavy atom. The fourth-order valence-electron chi connectivity index (χ4n) is 3.53. The van der Waals surface area contributed by atoms with Crippen molar-refractivity contribution in [3.05, 3.63) is 35.4 Å². The van der Waals surface area contributed by atoms with E-state index in [1.165, 1.54) is 11.1 Å². The molecule has 7 nitrogen and oxygen atoms in total. The van der Waals surface area contributed by atoms with Crippen molar-refractivity contribution in [2.45, 2.75) is 20.0 Å². The number of aliphatic imine (C=N–C) groups is 1. The minimum atomic E-state index is 0. The van der Waals surface area contributed by atoms with Crippen LogP contribution in [0.15, 0.2) is 29.3 Å². The van der Waals surface area contributed by atoms with E-state index in [1.54, 1.807) is 0 Å². The van der Waals surface area contributed by atoms with E-state index in [9.17, 15) is 0 Å². The maximum absolute atomic E-state index is 5.46. The van der Waals surface area contributed by atoms with Gasteiger partial charge in [-0.3, -0.25) is 9.80 Å². The molecule has 29 heavy (non-hydrogen) atoms. The lowest BCUT2D eigenvalue weighted by Gasteiger charge is -2.27. The smallest absolute Gasteiger partial charge is 0.191 e. The van der Waals surface area contributed by atoms with Gasteiger partial charge in [0.25, 0.3) is 0 Å². The zero-order chi connectivity index (χ0) is 19.4. The lowest BCUT2D eigenvalue weighted by atomic mass is 10.1. The highest BCUT2D eigenvalue weighted by atomic mass is 127. The Morgan fingerprint density at radius 2 is 1.55 bits per heavy atom. The summed E-state index contributed by atoms with van der Waals surface area (Å²) in [5.74, 6) is 0.886. The largest absolute Gasteiger partial charge is 0.379 e. The van der Waals surface area contributed by atoms with Gasteiger partial charge in [-0.05, 0) is 18.1 Å². The number of nitrogens with zero attached hydrogens (tertiary/aromatic N) is 3. The van der Waals surface area contributed by atoms with Gasteiger partial charge in [-0.2, -0.15) is 0 Å². The van der Waals surface area contributed by atoms with Gasteiger partial charge in [0, 0.05) is 52.4 Å². The summed E-state index contributed by atoms with van der Waals surface area (Å²) in [6.07, 6.45) is 0. The van der Waals surface area contributed by atoms with E-state index in [1.807, 2.05) is 0 Å². The van der Waals surface area contributed by atoms with Gasteiger partial charge in [0.2, 0.25) is 0 Å². The van der Waals surface area contributed by atoms with Crippen LogP contribution < -0.4 is 10.6 Å². The van der Waals surface area contributed by atoms with Crippen molar-refractivity contribution < 1.29 is 9.47 Å². The average Bonchev–Trinajstić information content (AvgIpc) is 2.74. The second-order valence-corrected chi connectivity index (χ2v) is 7.23. The third-order valence-electron chi connectivity index (χ3n) is 5.19. The molecule has 8 heteroatoms. The zero-order valence-corrected chi connectivity index (χ0v) is 19.9. The highest BCUT2D eigenvalue weighted by Crippen LogP contribution is 2.14. The third-order valence-corrected chi connectivity index (χ3v) is 5.19. The molecule has 164 valence electrons. The molecule has 1 aromatic carbocycles. The van der Waals surface area contributed by atoms with Crippen LogP contribution in [0.4, 0.5) is 0 Å². The van der Waals surface area contributed by atoms with Crippen LogP contribution in [0.3, 0.4) is 0 Å². The summed E-state index contributed by atoms with van der Waals surface area (Å²) in [4.78, 5) is 9.71. The molecule has 2 saturated heterocycles. The summed E-state index contributed by atoms with van der Waals surface area (Å²) >= 11 is 0. The van der Waals surface area contributed by atoms with Crippen molar-refractivity contribution in [2.24, 2.45) is 4.99 Å². The van der Waals surface area contributed by atoms with E-state index in [2.05, 4.69) is 51.6 Å². The number of guanidine groups is 1. The average molecular weight is 517 g/mol. The summed E-state index contributed by atoms with van der Waals surface area (Å²) in [7, 11) is 0. The van der Waals surface area contributed by atoms with Crippen molar-refractivity contribution in [1.29, 1.82) is 0 Å². The van der Waals surface area contributed by atoms with Crippen LogP contribution in [0, 0.1) is 0 Å². The number of nitrogens with one attached hydrogen (secondary N) is 2. The van der Waals surface area contributed by atoms with Crippen LogP contribution in [0.2, 0.25) is 0 Å². The number of morpholine rings is 2. The summed E-state index contributed by atoms with van der Waals surface area (Å²) in [5, 5.41) is 6.83. The van der Waals surface area contributed by atoms with Crippen LogP contribution in [-0.4, -0.2) is 88.0 Å². The maximum Gasteiger partial charge on any atom is 0.191 e. The summed E-state index contributed by atoms with van der Waals surface area (Å²) < 4.78 is 10.9. The van der Waals surface area contributed by atoms with Gasteiger partial charge in [0.15, 0.2) is 5.96 Å². The van der Waals surface area contributed by atoms with Crippen LogP contribution in [0.25, 0.3) is 0 Å². The fourth-order valence-corrected chi connectivity index (χ4v) is 3.53. The standard InChI is InChI=1S/C21H35N5O2.HI/c1-2-22-21(23-7-8-25-9-13-27-14-10-25)24-17-19-5-3-4-6-20(19)18-26-11-15-28-16-12-26;/h3-6H,2,7-18H2,1H3,(H2,22,23,24);1H. The van der Waals surface area contributed by atoms with Crippen molar-refractivity contribution in [1.82, 2.24) is 20.4 Å². The SMILES string of the molecule is CCNC(=NCc1ccccc1CN1CCOCC1)NCCN1CCOCC1.I. The molecule has 0 saturated carbocycles. The van der Waals surface area contributed by atoms with E-state index in [-0.39, 0.29) is 24.0 Å². The van der Waals surface area contributed by atoms with Gasteiger partial charge in [-0.1, -0.05) is 24.3 Å². The number of benzene rings is 1. The Bertz CT molecular complexity index is 604. The summed E-state index contributed by atoms with van der Waals surface area (Å²) in [6, 6.07) is 8.64. The quantitative estimate of drug-likeness (QED) is 0.310. The molecular formula is C21H36IN5O2. The first kappa shape index (κ1) is 24.3. The van der Waals surface area contributed by atoms with Gasteiger partial charge in [0.1, 0.15) is 0 Å². The van der Waals surface area contributed by atoms with Gasteiger partial charge in [0.05, 0.1) is 33.0 Å². The molecule has 0 aliphatic carbocycles. The Labute approximate surface area is 192 Å². The highest BCUT2D eigenvalue weighted by Gasteiger charge is 2.13. The first-order valence-electron chi connectivity index (χ1n) is 10.5. The van der Waals surface area contributed by atoms with E-state index in [0.29, 0.717) is 6.54 Å². The molecule has 2 heterocycles. The molecule has 2 aliphatic rings. The van der Waals surface area contributed by atoms with Crippen molar-refractivity contribution in [3.8, 4) is 0 Å². The molecule has 2 fully saturated rings. The van der Waals surface area contributed by atoms with Crippen LogP contribution >= 0.6 is 24.0 Å². The van der Waals surface area contributed by atoms with E-state index in [4.69, 9.17) is 14.5 Å². The molecule has 2 aliphatic heterocycles. The Balaban J connectivity index is 0.00000300. The van der Waals surface area contributed by atoms with Gasteiger partial charge in [-0.15, -0.1) is 24.0 Å². The number of ether oxygens (including phenoxy) is 2. The molecule has 0 aromatic heterocycles. The Hall–Kier alpha value is -0.940. The van der Waals surface area contributed by atoms with Gasteiger partial charge < -0.3 is 20.1 Å². The maximum atomic E-state index is 5.46. The molecule has 0 radical (unpaired) electrons. The lowest BCUT2D eigenvalue weighted by molar-refractivity contribution is 0.0341. The van der Waals surface area contributed by atoms with Gasteiger partial charge >= 0.3 is 0 Å². The second kappa shape index (κ2) is 14.1. The fraction of sp³-hybridized carbons (Fsp3) is 0.667. The monoisotopic (exact) mass is 517 g/mol. The topological polar surface area (TPSA) is 61.4 Å². The van der Waals surface area contributed by atoms with Crippen molar-refractivity contribution >= 4 is 29.9 Å². The molecule has 0 atom stereocenters. The molecule has 0 spiro atoms. The lowest BCUT2D eigenvalue weighted by Crippen LogP contribution is -2.44. The molecule has 0 amide bonds. The molecule has 0 unspecified atom stereocenters. The van der Waals surface area contributed by atoms with Gasteiger partial charge in [-0.25, -0.2) is 4.99 Å². The zero-order valence-electron chi connectivity index (χ0n) is 17.6. The number of hydrogen-bond acceptors (Lipinski definition) is 5. The predicted molar refractivity (Wildman–Crippen MR) is 128 cm³/mol. The summed E-state index contributed by atoms with van der Waals surface area (Å²) in [5.41, 5.74) is 2.65. The second-order valence-electron chi connectivity index (χ2n) is 7.23. The third kappa shape index (κ3) is 8.75. The first-order chi connectivity index (χ1) is 13.8. The highest BCUT2D eigenvalue weighted by molar-refractivity contribution is 14.0. The minimum absolute atomic E-state index is 0. The van der Waals surface area contributed by atoms with E-state index in [0.717, 1.165) is 84.7 Å². The Morgan fingerprint density at radius 1 is 0.931 bits per heavy atom. The number of rotatable bonds is 8. The summed E-state index contributed by atoms with van der Waals surface area (Å²) in [6.45, 7) is 13.9. The van der Waals surface area contributed by atoms with Crippen molar-refractivity contribution in [3.63, 3.8) is 0 Å². The first-order valence-corrected chi connectivity index (χ1v) is 10.5. The Kier molecular flexibility index (Phi) is 11.9. The predicted octanol–water partition coefficient (Wildman–Crippen LogP) is 1.52. The molecule has 2 N–H and O–H groups in total. The molecular weight excluding hydrogens is 481 g/mol. The van der Waals surface area contributed by atoms with Crippen LogP contribution in [-0.2, 0) is 22.6 Å². The van der Waals surface area contributed by atoms with Crippen LogP contribution in [0.5, 0.6) is 0 Å². The molecule has 3 rings (SSSR count). The van der Waals surface area contributed by atoms with E-state index >= 15 is 0 Å². The number of halogens is 1. The number of hydrogen-bond donors (Lipinski definition) is 2.